The molecule has 148 valence electrons. The lowest BCUT2D eigenvalue weighted by Gasteiger charge is -2.18. The second-order valence-corrected chi connectivity index (χ2v) is 5.62. The molecule has 24 heavy (non-hydrogen) atoms. The van der Waals surface area contributed by atoms with Gasteiger partial charge in [0, 0.05) is 19.8 Å². The third-order valence-corrected chi connectivity index (χ3v) is 3.97. The van der Waals surface area contributed by atoms with Gasteiger partial charge in [-0.25, -0.2) is 0 Å². The van der Waals surface area contributed by atoms with Crippen molar-refractivity contribution in [3.63, 3.8) is 0 Å². The van der Waals surface area contributed by atoms with Gasteiger partial charge in [-0.3, -0.25) is 0 Å². The predicted octanol–water partition coefficient (Wildman–Crippen LogP) is 5.11. The quantitative estimate of drug-likeness (QED) is 0.279. The minimum atomic E-state index is 0. The number of fused-ring (bicyclic) bond motifs is 1. The van der Waals surface area contributed by atoms with Gasteiger partial charge in [0.2, 0.25) is 0 Å². The highest BCUT2D eigenvalue weighted by Gasteiger charge is 2.43. The molecule has 2 fully saturated rings. The van der Waals surface area contributed by atoms with Gasteiger partial charge in [0.25, 0.3) is 0 Å². The van der Waals surface area contributed by atoms with Crippen LogP contribution in [0.1, 0.15) is 61.8 Å². The highest BCUT2D eigenvalue weighted by molar-refractivity contribution is 4.91. The number of hydrogen-bond donors (Lipinski definition) is 0. The van der Waals surface area contributed by atoms with Gasteiger partial charge in [-0.1, -0.05) is 35.8 Å². The van der Waals surface area contributed by atoms with E-state index in [4.69, 9.17) is 18.9 Å². The second kappa shape index (κ2) is 17.4. The van der Waals surface area contributed by atoms with E-state index in [0.717, 1.165) is 32.2 Å². The fourth-order valence-electron chi connectivity index (χ4n) is 2.75. The standard InChI is InChI=1S/C16H28O4.4CH4/c1-2-7-17-11-12-19-9-3-8-18-10-6-14-4-5-15-16(13-14)20-15;;;;/h2,14-16H,1,3-13H2;4*1H4. The Morgan fingerprint density at radius 2 is 1.50 bits per heavy atom. The Morgan fingerprint density at radius 1 is 0.833 bits per heavy atom. The summed E-state index contributed by atoms with van der Waals surface area (Å²) in [6, 6.07) is 0. The summed E-state index contributed by atoms with van der Waals surface area (Å²) >= 11 is 0. The molecule has 0 aromatic heterocycles. The minimum absolute atomic E-state index is 0. The summed E-state index contributed by atoms with van der Waals surface area (Å²) in [4.78, 5) is 0. The first-order valence-corrected chi connectivity index (χ1v) is 7.89. The van der Waals surface area contributed by atoms with Gasteiger partial charge in [0.1, 0.15) is 0 Å². The SMILES string of the molecule is C.C.C.C.C=CCOCCOCCCOCCC1CCC2OC2C1. The molecule has 1 aliphatic carbocycles. The summed E-state index contributed by atoms with van der Waals surface area (Å²) in [6.45, 7) is 7.90. The largest absolute Gasteiger partial charge is 0.381 e. The van der Waals surface area contributed by atoms with Gasteiger partial charge < -0.3 is 18.9 Å². The molecule has 1 heterocycles. The van der Waals surface area contributed by atoms with Crippen LogP contribution in [0.5, 0.6) is 0 Å². The fraction of sp³-hybridized carbons (Fsp3) is 0.900. The molecule has 2 aliphatic rings. The number of epoxide rings is 1. The molecule has 0 spiro atoms. The van der Waals surface area contributed by atoms with Gasteiger partial charge in [0.05, 0.1) is 32.0 Å². The molecule has 0 bridgehead atoms. The number of rotatable bonds is 12. The van der Waals surface area contributed by atoms with Gasteiger partial charge in [-0.15, -0.1) is 6.58 Å². The Morgan fingerprint density at radius 3 is 2.17 bits per heavy atom. The van der Waals surface area contributed by atoms with Crippen LogP contribution in [0, 0.1) is 5.92 Å². The van der Waals surface area contributed by atoms with Crippen molar-refractivity contribution >= 4 is 0 Å². The van der Waals surface area contributed by atoms with Crippen LogP contribution in [0.4, 0.5) is 0 Å². The van der Waals surface area contributed by atoms with Crippen LogP contribution in [0.3, 0.4) is 0 Å². The molecule has 0 aromatic carbocycles. The van der Waals surface area contributed by atoms with Crippen LogP contribution in [0.2, 0.25) is 0 Å². The number of ether oxygens (including phenoxy) is 4. The summed E-state index contributed by atoms with van der Waals surface area (Å²) in [5.41, 5.74) is 0. The van der Waals surface area contributed by atoms with Crippen molar-refractivity contribution in [2.24, 2.45) is 5.92 Å². The summed E-state index contributed by atoms with van der Waals surface area (Å²) in [5.74, 6) is 0.817. The molecule has 3 atom stereocenters. The molecule has 1 saturated carbocycles. The summed E-state index contributed by atoms with van der Waals surface area (Å²) in [5, 5.41) is 0. The van der Waals surface area contributed by atoms with E-state index in [1.165, 1.54) is 25.7 Å². The van der Waals surface area contributed by atoms with Crippen molar-refractivity contribution in [3.05, 3.63) is 12.7 Å². The predicted molar refractivity (Wildman–Crippen MR) is 105 cm³/mol. The molecule has 0 radical (unpaired) electrons. The Bertz CT molecular complexity index is 270. The fourth-order valence-corrected chi connectivity index (χ4v) is 2.75. The molecule has 0 aromatic rings. The van der Waals surface area contributed by atoms with Crippen LogP contribution < -0.4 is 0 Å². The Labute approximate surface area is 151 Å². The van der Waals surface area contributed by atoms with Crippen LogP contribution >= 0.6 is 0 Å². The third-order valence-electron chi connectivity index (χ3n) is 3.97. The smallest absolute Gasteiger partial charge is 0.0844 e. The monoisotopic (exact) mass is 348 g/mol. The maximum Gasteiger partial charge on any atom is 0.0844 e. The maximum absolute atomic E-state index is 5.67. The summed E-state index contributed by atoms with van der Waals surface area (Å²) in [6.07, 6.45) is 8.92. The summed E-state index contributed by atoms with van der Waals surface area (Å²) < 4.78 is 21.9. The van der Waals surface area contributed by atoms with E-state index in [1.54, 1.807) is 6.08 Å². The highest BCUT2D eigenvalue weighted by atomic mass is 16.6. The van der Waals surface area contributed by atoms with Crippen LogP contribution in [0.25, 0.3) is 0 Å². The van der Waals surface area contributed by atoms with Crippen molar-refractivity contribution in [3.8, 4) is 0 Å². The molecule has 0 N–H and O–H groups in total. The highest BCUT2D eigenvalue weighted by Crippen LogP contribution is 2.40. The van der Waals surface area contributed by atoms with E-state index in [0.29, 0.717) is 32.0 Å². The van der Waals surface area contributed by atoms with Crippen molar-refractivity contribution in [2.75, 3.05) is 39.6 Å². The lowest BCUT2D eigenvalue weighted by molar-refractivity contribution is 0.0412. The molecule has 4 heteroatoms. The molecular weight excluding hydrogens is 304 g/mol. The lowest BCUT2D eigenvalue weighted by Crippen LogP contribution is -2.15. The first kappa shape index (κ1) is 28.4. The van der Waals surface area contributed by atoms with Crippen molar-refractivity contribution in [1.82, 2.24) is 0 Å². The second-order valence-electron chi connectivity index (χ2n) is 5.62. The molecule has 2 rings (SSSR count). The van der Waals surface area contributed by atoms with Crippen LogP contribution in [-0.2, 0) is 18.9 Å². The van der Waals surface area contributed by atoms with E-state index in [2.05, 4.69) is 6.58 Å². The minimum Gasteiger partial charge on any atom is -0.381 e. The van der Waals surface area contributed by atoms with E-state index in [9.17, 15) is 0 Å². The van der Waals surface area contributed by atoms with Crippen molar-refractivity contribution in [2.45, 2.75) is 74.0 Å². The van der Waals surface area contributed by atoms with Crippen molar-refractivity contribution in [1.29, 1.82) is 0 Å². The molecule has 4 nitrogen and oxygen atoms in total. The van der Waals surface area contributed by atoms with E-state index in [1.807, 2.05) is 0 Å². The van der Waals surface area contributed by atoms with E-state index >= 15 is 0 Å². The zero-order chi connectivity index (χ0) is 14.0. The van der Waals surface area contributed by atoms with E-state index < -0.39 is 0 Å². The lowest BCUT2D eigenvalue weighted by atomic mass is 9.87. The van der Waals surface area contributed by atoms with Gasteiger partial charge in [-0.2, -0.15) is 0 Å². The van der Waals surface area contributed by atoms with Gasteiger partial charge >= 0.3 is 0 Å². The Balaban J connectivity index is -0.00000110. The van der Waals surface area contributed by atoms with Gasteiger partial charge in [-0.05, 0) is 38.0 Å². The Kier molecular flexibility index (Phi) is 20.6. The van der Waals surface area contributed by atoms with Gasteiger partial charge in [0.15, 0.2) is 0 Å². The van der Waals surface area contributed by atoms with E-state index in [-0.39, 0.29) is 29.7 Å². The topological polar surface area (TPSA) is 40.2 Å². The zero-order valence-corrected chi connectivity index (χ0v) is 12.4. The molecule has 3 unspecified atom stereocenters. The third kappa shape index (κ3) is 12.0. The van der Waals surface area contributed by atoms with Crippen LogP contribution in [-0.4, -0.2) is 51.8 Å². The normalized spacial score (nSPS) is 23.4. The molecule has 1 saturated heterocycles. The van der Waals surface area contributed by atoms with Crippen LogP contribution in [0.15, 0.2) is 12.7 Å². The molecular formula is C20H44O4. The first-order valence-electron chi connectivity index (χ1n) is 7.89. The number of hydrogen-bond acceptors (Lipinski definition) is 4. The first-order chi connectivity index (χ1) is 9.90. The maximum atomic E-state index is 5.67. The average molecular weight is 349 g/mol. The molecule has 0 amide bonds. The summed E-state index contributed by atoms with van der Waals surface area (Å²) in [7, 11) is 0. The Hall–Kier alpha value is -0.420. The molecule has 1 aliphatic heterocycles. The zero-order valence-electron chi connectivity index (χ0n) is 12.4. The van der Waals surface area contributed by atoms with Crippen molar-refractivity contribution < 1.29 is 18.9 Å². The average Bonchev–Trinajstić information content (AvgIpc) is 3.23.